The van der Waals surface area contributed by atoms with E-state index in [2.05, 4.69) is 32.5 Å². The molecule has 1 aromatic carbocycles. The van der Waals surface area contributed by atoms with E-state index < -0.39 is 12.1 Å². The highest BCUT2D eigenvalue weighted by Gasteiger charge is 2.37. The zero-order valence-electron chi connectivity index (χ0n) is 20.7. The molecule has 0 radical (unpaired) electrons. The normalized spacial score (nSPS) is 16.5. The minimum atomic E-state index is -0.653. The Labute approximate surface area is 205 Å². The summed E-state index contributed by atoms with van der Waals surface area (Å²) in [6, 6.07) is 7.21. The van der Waals surface area contributed by atoms with E-state index in [1.165, 1.54) is 7.11 Å². The lowest BCUT2D eigenvalue weighted by atomic mass is 10.0. The molecule has 1 aliphatic rings. The van der Waals surface area contributed by atoms with Crippen molar-refractivity contribution in [3.63, 3.8) is 0 Å². The molecule has 3 aromatic rings. The first-order valence-electron chi connectivity index (χ1n) is 12.1. The van der Waals surface area contributed by atoms with Crippen LogP contribution in [0.3, 0.4) is 0 Å². The molecular weight excluding hydrogens is 446 g/mol. The van der Waals surface area contributed by atoms with Crippen LogP contribution in [0.25, 0.3) is 16.9 Å². The molecule has 0 spiro atoms. The van der Waals surface area contributed by atoms with Crippen molar-refractivity contribution < 1.29 is 14.3 Å². The molecule has 3 heterocycles. The second kappa shape index (κ2) is 10.7. The molecule has 2 N–H and O–H groups in total. The highest BCUT2D eigenvalue weighted by Crippen LogP contribution is 2.32. The zero-order valence-corrected chi connectivity index (χ0v) is 20.7. The van der Waals surface area contributed by atoms with Crippen LogP contribution < -0.4 is 5.32 Å². The van der Waals surface area contributed by atoms with Gasteiger partial charge < -0.3 is 19.9 Å². The molecule has 0 saturated carbocycles. The number of rotatable bonds is 8. The number of nitrogens with one attached hydrogen (secondary N) is 2. The quantitative estimate of drug-likeness (QED) is 0.509. The number of nitrogens with zero attached hydrogens (tertiary/aromatic N) is 5. The van der Waals surface area contributed by atoms with E-state index in [-0.39, 0.29) is 17.9 Å². The van der Waals surface area contributed by atoms with Crippen LogP contribution in [-0.4, -0.2) is 61.6 Å². The summed E-state index contributed by atoms with van der Waals surface area (Å²) in [5.74, 6) is 0.554. The number of H-pyrrole nitrogens is 1. The Morgan fingerprint density at radius 3 is 2.71 bits per heavy atom. The standard InChI is InChI=1S/C25H33N7O3/c1-5-7-18-15-32(30-29-18)19-11-9-17(10-12-19)20-14-26-23(27-20)21-8-6-13-31(21)24(33)22(16(2)3)28-25(34)35-4/h9-12,14-16,21-22H,5-8,13H2,1-4H3,(H,26,27)(H,28,34)/t21-,22-/m0/s1. The van der Waals surface area contributed by atoms with E-state index in [1.807, 2.05) is 49.2 Å². The molecule has 1 aliphatic heterocycles. The average Bonchev–Trinajstić information content (AvgIpc) is 3.62. The molecule has 1 fully saturated rings. The predicted molar refractivity (Wildman–Crippen MR) is 131 cm³/mol. The van der Waals surface area contributed by atoms with Gasteiger partial charge in [0.1, 0.15) is 11.9 Å². The molecule has 0 aliphatic carbocycles. The number of benzene rings is 1. The maximum absolute atomic E-state index is 13.3. The number of amides is 2. The smallest absolute Gasteiger partial charge is 0.407 e. The number of carbonyl (C=O) groups is 2. The van der Waals surface area contributed by atoms with Crippen molar-refractivity contribution in [3.8, 4) is 16.9 Å². The number of hydrogen-bond donors (Lipinski definition) is 2. The largest absolute Gasteiger partial charge is 0.453 e. The molecule has 0 bridgehead atoms. The zero-order chi connectivity index (χ0) is 24.9. The third-order valence-electron chi connectivity index (χ3n) is 6.33. The van der Waals surface area contributed by atoms with Crippen molar-refractivity contribution in [2.24, 2.45) is 5.92 Å². The summed E-state index contributed by atoms with van der Waals surface area (Å²) in [7, 11) is 1.29. The number of carbonyl (C=O) groups excluding carboxylic acids is 2. The number of ether oxygens (including phenoxy) is 1. The maximum Gasteiger partial charge on any atom is 0.407 e. The molecule has 2 aromatic heterocycles. The van der Waals surface area contributed by atoms with Crippen LogP contribution in [0.1, 0.15) is 57.6 Å². The molecule has 2 atom stereocenters. The van der Waals surface area contributed by atoms with Crippen LogP contribution in [0.4, 0.5) is 4.79 Å². The SMILES string of the molecule is CCCc1cn(-c2ccc(-c3cnc([C@@H]4CCCN4C(=O)[C@@H](NC(=O)OC)C(C)C)[nH]3)cc2)nn1. The van der Waals surface area contributed by atoms with E-state index >= 15 is 0 Å². The second-order valence-corrected chi connectivity index (χ2v) is 9.18. The maximum atomic E-state index is 13.3. The van der Waals surface area contributed by atoms with E-state index in [4.69, 9.17) is 4.74 Å². The number of aromatic amines is 1. The van der Waals surface area contributed by atoms with Gasteiger partial charge in [0.2, 0.25) is 5.91 Å². The Kier molecular flexibility index (Phi) is 7.48. The van der Waals surface area contributed by atoms with Crippen molar-refractivity contribution >= 4 is 12.0 Å². The molecule has 2 amide bonds. The lowest BCUT2D eigenvalue weighted by Crippen LogP contribution is -2.51. The topological polar surface area (TPSA) is 118 Å². The molecule has 1 saturated heterocycles. The molecule has 4 rings (SSSR count). The summed E-state index contributed by atoms with van der Waals surface area (Å²) in [6.45, 7) is 6.55. The Morgan fingerprint density at radius 1 is 1.26 bits per heavy atom. The fraction of sp³-hybridized carbons (Fsp3) is 0.480. The Balaban J connectivity index is 1.49. The third-order valence-corrected chi connectivity index (χ3v) is 6.33. The van der Waals surface area contributed by atoms with Crippen molar-refractivity contribution in [2.75, 3.05) is 13.7 Å². The van der Waals surface area contributed by atoms with Gasteiger partial charge in [-0.25, -0.2) is 14.5 Å². The Hall–Kier alpha value is -3.69. The van der Waals surface area contributed by atoms with Crippen LogP contribution in [0.2, 0.25) is 0 Å². The summed E-state index contributed by atoms with van der Waals surface area (Å²) >= 11 is 0. The summed E-state index contributed by atoms with van der Waals surface area (Å²) in [5, 5.41) is 11.1. The first-order valence-corrected chi connectivity index (χ1v) is 12.1. The van der Waals surface area contributed by atoms with Gasteiger partial charge in [0.25, 0.3) is 0 Å². The number of likely N-dealkylation sites (tertiary alicyclic amines) is 1. The Morgan fingerprint density at radius 2 is 2.03 bits per heavy atom. The van der Waals surface area contributed by atoms with Gasteiger partial charge in [0.05, 0.1) is 42.6 Å². The molecule has 0 unspecified atom stereocenters. The number of imidazole rings is 1. The van der Waals surface area contributed by atoms with Gasteiger partial charge in [0.15, 0.2) is 0 Å². The summed E-state index contributed by atoms with van der Waals surface area (Å²) < 4.78 is 6.49. The van der Waals surface area contributed by atoms with Gasteiger partial charge >= 0.3 is 6.09 Å². The van der Waals surface area contributed by atoms with E-state index in [1.54, 1.807) is 10.9 Å². The number of hydrogen-bond acceptors (Lipinski definition) is 6. The van der Waals surface area contributed by atoms with Gasteiger partial charge in [0, 0.05) is 6.54 Å². The van der Waals surface area contributed by atoms with Crippen LogP contribution >= 0.6 is 0 Å². The Bertz CT molecular complexity index is 1150. The summed E-state index contributed by atoms with van der Waals surface area (Å²) in [6.07, 6.45) is 6.78. The van der Waals surface area contributed by atoms with E-state index in [0.717, 1.165) is 54.1 Å². The van der Waals surface area contributed by atoms with E-state index in [9.17, 15) is 9.59 Å². The van der Waals surface area contributed by atoms with E-state index in [0.29, 0.717) is 6.54 Å². The number of methoxy groups -OCH3 is 1. The first-order chi connectivity index (χ1) is 16.9. The van der Waals surface area contributed by atoms with Crippen molar-refractivity contribution in [2.45, 2.75) is 58.5 Å². The van der Waals surface area contributed by atoms with Gasteiger partial charge in [-0.15, -0.1) is 5.10 Å². The molecule has 186 valence electrons. The monoisotopic (exact) mass is 479 g/mol. The number of aryl methyl sites for hydroxylation is 1. The number of alkyl carbamates (subject to hydrolysis) is 1. The van der Waals surface area contributed by atoms with Gasteiger partial charge in [-0.1, -0.05) is 44.5 Å². The lowest BCUT2D eigenvalue weighted by molar-refractivity contribution is -0.135. The fourth-order valence-corrected chi connectivity index (χ4v) is 4.43. The van der Waals surface area contributed by atoms with Crippen molar-refractivity contribution in [1.82, 2.24) is 35.2 Å². The molecule has 10 nitrogen and oxygen atoms in total. The number of aromatic nitrogens is 5. The third kappa shape index (κ3) is 5.36. The highest BCUT2D eigenvalue weighted by atomic mass is 16.5. The summed E-state index contributed by atoms with van der Waals surface area (Å²) in [5.41, 5.74) is 3.79. The van der Waals surface area contributed by atoms with Crippen LogP contribution in [0.15, 0.2) is 36.7 Å². The average molecular weight is 480 g/mol. The summed E-state index contributed by atoms with van der Waals surface area (Å²) in [4.78, 5) is 34.9. The van der Waals surface area contributed by atoms with Gasteiger partial charge in [-0.3, -0.25) is 4.79 Å². The van der Waals surface area contributed by atoms with Gasteiger partial charge in [-0.05, 0) is 42.9 Å². The minimum absolute atomic E-state index is 0.0726. The molecule has 10 heteroatoms. The minimum Gasteiger partial charge on any atom is -0.453 e. The highest BCUT2D eigenvalue weighted by molar-refractivity contribution is 5.86. The van der Waals surface area contributed by atoms with Crippen LogP contribution in [0.5, 0.6) is 0 Å². The van der Waals surface area contributed by atoms with Crippen LogP contribution in [0, 0.1) is 5.92 Å². The van der Waals surface area contributed by atoms with Crippen molar-refractivity contribution in [1.29, 1.82) is 0 Å². The predicted octanol–water partition coefficient (Wildman–Crippen LogP) is 3.65. The van der Waals surface area contributed by atoms with Crippen LogP contribution in [-0.2, 0) is 16.0 Å². The first kappa shape index (κ1) is 24.4. The van der Waals surface area contributed by atoms with Gasteiger partial charge in [-0.2, -0.15) is 0 Å². The molecular formula is C25H33N7O3. The fourth-order valence-electron chi connectivity index (χ4n) is 4.43. The lowest BCUT2D eigenvalue weighted by Gasteiger charge is -2.30. The second-order valence-electron chi connectivity index (χ2n) is 9.18. The molecule has 35 heavy (non-hydrogen) atoms. The van der Waals surface area contributed by atoms with Crippen molar-refractivity contribution in [3.05, 3.63) is 48.2 Å².